The maximum absolute atomic E-state index is 6.19. The predicted octanol–water partition coefficient (Wildman–Crippen LogP) is 3.17. The van der Waals surface area contributed by atoms with Crippen LogP contribution in [0.4, 0.5) is 5.69 Å². The average Bonchev–Trinajstić information content (AvgIpc) is 2.38. The van der Waals surface area contributed by atoms with Crippen LogP contribution >= 0.6 is 11.6 Å². The first-order valence-electron chi connectivity index (χ1n) is 6.44. The summed E-state index contributed by atoms with van der Waals surface area (Å²) in [5.74, 6) is 0.876. The number of anilines is 1. The standard InChI is InChI=1S/C14H21ClN2/c1-17(14-5-3-2-4-13(14)15)11-8-12-6-9-16-10-7-12/h2-5,12,16H,6-11H2,1H3. The summed E-state index contributed by atoms with van der Waals surface area (Å²) in [4.78, 5) is 2.27. The predicted molar refractivity (Wildman–Crippen MR) is 74.9 cm³/mol. The van der Waals surface area contributed by atoms with Gasteiger partial charge in [0.25, 0.3) is 0 Å². The van der Waals surface area contributed by atoms with Gasteiger partial charge in [-0.15, -0.1) is 0 Å². The van der Waals surface area contributed by atoms with Gasteiger partial charge in [-0.05, 0) is 50.4 Å². The molecule has 94 valence electrons. The Balaban J connectivity index is 1.84. The number of halogens is 1. The number of piperidine rings is 1. The van der Waals surface area contributed by atoms with Gasteiger partial charge in [0.2, 0.25) is 0 Å². The largest absolute Gasteiger partial charge is 0.373 e. The van der Waals surface area contributed by atoms with Crippen molar-refractivity contribution in [3.8, 4) is 0 Å². The van der Waals surface area contributed by atoms with Gasteiger partial charge < -0.3 is 10.2 Å². The van der Waals surface area contributed by atoms with Crippen molar-refractivity contribution in [3.63, 3.8) is 0 Å². The van der Waals surface area contributed by atoms with Crippen LogP contribution in [0.25, 0.3) is 0 Å². The Kier molecular flexibility index (Phi) is 4.69. The molecule has 1 N–H and O–H groups in total. The molecule has 1 fully saturated rings. The fraction of sp³-hybridized carbons (Fsp3) is 0.571. The highest BCUT2D eigenvalue weighted by atomic mass is 35.5. The Morgan fingerprint density at radius 3 is 2.71 bits per heavy atom. The summed E-state index contributed by atoms with van der Waals surface area (Å²) < 4.78 is 0. The summed E-state index contributed by atoms with van der Waals surface area (Å²) in [6.45, 7) is 3.45. The van der Waals surface area contributed by atoms with Crippen molar-refractivity contribution < 1.29 is 0 Å². The lowest BCUT2D eigenvalue weighted by molar-refractivity contribution is 0.356. The van der Waals surface area contributed by atoms with E-state index in [1.165, 1.54) is 32.4 Å². The summed E-state index contributed by atoms with van der Waals surface area (Å²) in [6, 6.07) is 8.07. The van der Waals surface area contributed by atoms with Gasteiger partial charge in [-0.1, -0.05) is 23.7 Å². The molecular weight excluding hydrogens is 232 g/mol. The van der Waals surface area contributed by atoms with E-state index in [4.69, 9.17) is 11.6 Å². The van der Waals surface area contributed by atoms with E-state index in [9.17, 15) is 0 Å². The molecular formula is C14H21ClN2. The molecule has 1 aliphatic rings. The summed E-state index contributed by atoms with van der Waals surface area (Å²) in [6.07, 6.45) is 3.90. The number of nitrogens with one attached hydrogen (secondary N) is 1. The lowest BCUT2D eigenvalue weighted by atomic mass is 9.94. The molecule has 2 rings (SSSR count). The van der Waals surface area contributed by atoms with E-state index < -0.39 is 0 Å². The zero-order valence-corrected chi connectivity index (χ0v) is 11.2. The van der Waals surface area contributed by atoms with E-state index in [1.807, 2.05) is 18.2 Å². The van der Waals surface area contributed by atoms with Crippen molar-refractivity contribution in [3.05, 3.63) is 29.3 Å². The van der Waals surface area contributed by atoms with Gasteiger partial charge in [0.15, 0.2) is 0 Å². The first kappa shape index (κ1) is 12.7. The molecule has 2 nitrogen and oxygen atoms in total. The second-order valence-corrected chi connectivity index (χ2v) is 5.26. The van der Waals surface area contributed by atoms with Gasteiger partial charge in [0.05, 0.1) is 10.7 Å². The zero-order chi connectivity index (χ0) is 12.1. The molecule has 1 aromatic carbocycles. The van der Waals surface area contributed by atoms with Gasteiger partial charge in [-0.3, -0.25) is 0 Å². The van der Waals surface area contributed by atoms with Crippen LogP contribution in [-0.2, 0) is 0 Å². The molecule has 1 saturated heterocycles. The van der Waals surface area contributed by atoms with Crippen molar-refractivity contribution >= 4 is 17.3 Å². The first-order valence-corrected chi connectivity index (χ1v) is 6.81. The Labute approximate surface area is 109 Å². The second-order valence-electron chi connectivity index (χ2n) is 4.86. The van der Waals surface area contributed by atoms with Gasteiger partial charge in [-0.2, -0.15) is 0 Å². The van der Waals surface area contributed by atoms with Crippen LogP contribution in [0.5, 0.6) is 0 Å². The number of rotatable bonds is 4. The number of hydrogen-bond donors (Lipinski definition) is 1. The number of nitrogens with zero attached hydrogens (tertiary/aromatic N) is 1. The van der Waals surface area contributed by atoms with Crippen molar-refractivity contribution in [2.75, 3.05) is 31.6 Å². The van der Waals surface area contributed by atoms with Crippen LogP contribution in [0.3, 0.4) is 0 Å². The molecule has 0 unspecified atom stereocenters. The van der Waals surface area contributed by atoms with Crippen molar-refractivity contribution in [2.24, 2.45) is 5.92 Å². The molecule has 0 aliphatic carbocycles. The number of hydrogen-bond acceptors (Lipinski definition) is 2. The van der Waals surface area contributed by atoms with Gasteiger partial charge >= 0.3 is 0 Å². The third-order valence-electron chi connectivity index (χ3n) is 3.60. The summed E-state index contributed by atoms with van der Waals surface area (Å²) in [5, 5.41) is 4.26. The smallest absolute Gasteiger partial charge is 0.0639 e. The third-order valence-corrected chi connectivity index (χ3v) is 3.91. The lowest BCUT2D eigenvalue weighted by Gasteiger charge is -2.26. The molecule has 17 heavy (non-hydrogen) atoms. The molecule has 0 atom stereocenters. The summed E-state index contributed by atoms with van der Waals surface area (Å²) in [7, 11) is 2.13. The van der Waals surface area contributed by atoms with Crippen LogP contribution in [-0.4, -0.2) is 26.7 Å². The summed E-state index contributed by atoms with van der Waals surface area (Å²) >= 11 is 6.19. The number of benzene rings is 1. The molecule has 3 heteroatoms. The van der Waals surface area contributed by atoms with Crippen LogP contribution in [0.1, 0.15) is 19.3 Å². The SMILES string of the molecule is CN(CCC1CCNCC1)c1ccccc1Cl. The summed E-state index contributed by atoms with van der Waals surface area (Å²) in [5.41, 5.74) is 1.14. The first-order chi connectivity index (χ1) is 8.27. The van der Waals surface area contributed by atoms with Crippen LogP contribution < -0.4 is 10.2 Å². The Morgan fingerprint density at radius 1 is 1.29 bits per heavy atom. The van der Waals surface area contributed by atoms with Gasteiger partial charge in [-0.25, -0.2) is 0 Å². The molecule has 1 aromatic rings. The van der Waals surface area contributed by atoms with E-state index in [-0.39, 0.29) is 0 Å². The van der Waals surface area contributed by atoms with Crippen molar-refractivity contribution in [2.45, 2.75) is 19.3 Å². The highest BCUT2D eigenvalue weighted by Crippen LogP contribution is 2.25. The normalized spacial score (nSPS) is 17.1. The zero-order valence-electron chi connectivity index (χ0n) is 10.5. The highest BCUT2D eigenvalue weighted by Gasteiger charge is 2.14. The van der Waals surface area contributed by atoms with Gasteiger partial charge in [0, 0.05) is 13.6 Å². The molecule has 0 aromatic heterocycles. The van der Waals surface area contributed by atoms with Gasteiger partial charge in [0.1, 0.15) is 0 Å². The van der Waals surface area contributed by atoms with Crippen molar-refractivity contribution in [1.29, 1.82) is 0 Å². The third kappa shape index (κ3) is 3.62. The maximum Gasteiger partial charge on any atom is 0.0639 e. The maximum atomic E-state index is 6.19. The monoisotopic (exact) mass is 252 g/mol. The molecule has 0 radical (unpaired) electrons. The molecule has 1 heterocycles. The fourth-order valence-corrected chi connectivity index (χ4v) is 2.71. The molecule has 0 spiro atoms. The lowest BCUT2D eigenvalue weighted by Crippen LogP contribution is -2.30. The van der Waals surface area contributed by atoms with Crippen LogP contribution in [0.15, 0.2) is 24.3 Å². The quantitative estimate of drug-likeness (QED) is 0.886. The molecule has 0 bridgehead atoms. The minimum Gasteiger partial charge on any atom is -0.373 e. The van der Waals surface area contributed by atoms with Crippen molar-refractivity contribution in [1.82, 2.24) is 5.32 Å². The molecule has 1 aliphatic heterocycles. The molecule has 0 saturated carbocycles. The van der Waals surface area contributed by atoms with E-state index in [0.717, 1.165) is 23.2 Å². The Hall–Kier alpha value is -0.730. The van der Waals surface area contributed by atoms with Crippen LogP contribution in [0, 0.1) is 5.92 Å². The minimum atomic E-state index is 0.848. The van der Waals surface area contributed by atoms with E-state index in [0.29, 0.717) is 0 Å². The Bertz CT molecular complexity index is 348. The van der Waals surface area contributed by atoms with Crippen LogP contribution in [0.2, 0.25) is 5.02 Å². The Morgan fingerprint density at radius 2 is 2.00 bits per heavy atom. The number of para-hydroxylation sites is 1. The highest BCUT2D eigenvalue weighted by molar-refractivity contribution is 6.33. The topological polar surface area (TPSA) is 15.3 Å². The van der Waals surface area contributed by atoms with E-state index >= 15 is 0 Å². The minimum absolute atomic E-state index is 0.848. The fourth-order valence-electron chi connectivity index (χ4n) is 2.43. The van der Waals surface area contributed by atoms with E-state index in [2.05, 4.69) is 23.3 Å². The second kappa shape index (κ2) is 6.27. The average molecular weight is 253 g/mol. The molecule has 0 amide bonds. The van der Waals surface area contributed by atoms with E-state index in [1.54, 1.807) is 0 Å².